The molecule has 1 saturated carbocycles. The van der Waals surface area contributed by atoms with Crippen LogP contribution < -0.4 is 5.32 Å². The molecule has 3 heteroatoms. The second-order valence-corrected chi connectivity index (χ2v) is 7.01. The Morgan fingerprint density at radius 1 is 1.28 bits per heavy atom. The molecule has 104 valence electrons. The van der Waals surface area contributed by atoms with E-state index in [9.17, 15) is 0 Å². The van der Waals surface area contributed by atoms with Crippen LogP contribution in [0.25, 0.3) is 0 Å². The molecule has 3 fully saturated rings. The first-order chi connectivity index (χ1) is 8.66. The second kappa shape index (κ2) is 5.10. The van der Waals surface area contributed by atoms with Crippen molar-refractivity contribution in [3.63, 3.8) is 0 Å². The maximum atomic E-state index is 5.47. The predicted octanol–water partition coefficient (Wildman–Crippen LogP) is 2.02. The lowest BCUT2D eigenvalue weighted by Crippen LogP contribution is -2.42. The van der Waals surface area contributed by atoms with Crippen molar-refractivity contribution in [3.8, 4) is 0 Å². The number of hydrogen-bond acceptors (Lipinski definition) is 3. The molecule has 0 spiro atoms. The molecule has 18 heavy (non-hydrogen) atoms. The molecule has 3 aliphatic rings. The third kappa shape index (κ3) is 2.89. The lowest BCUT2D eigenvalue weighted by atomic mass is 9.82. The lowest BCUT2D eigenvalue weighted by Gasteiger charge is -2.34. The highest BCUT2D eigenvalue weighted by Crippen LogP contribution is 2.34. The van der Waals surface area contributed by atoms with Gasteiger partial charge in [-0.2, -0.15) is 0 Å². The van der Waals surface area contributed by atoms with E-state index >= 15 is 0 Å². The number of hydrogen-bond donors (Lipinski definition) is 1. The first kappa shape index (κ1) is 12.9. The SMILES string of the molecule is CC1CC(NCC2(C)CCOCC2)CN1C1CC1. The van der Waals surface area contributed by atoms with Crippen molar-refractivity contribution >= 4 is 0 Å². The van der Waals surface area contributed by atoms with Crippen molar-refractivity contribution in [2.45, 2.75) is 64.1 Å². The van der Waals surface area contributed by atoms with Gasteiger partial charge in [0.15, 0.2) is 0 Å². The smallest absolute Gasteiger partial charge is 0.0471 e. The first-order valence-electron chi connectivity index (χ1n) is 7.73. The van der Waals surface area contributed by atoms with E-state index in [4.69, 9.17) is 4.74 Å². The third-order valence-corrected chi connectivity index (χ3v) is 5.16. The quantitative estimate of drug-likeness (QED) is 0.828. The molecule has 0 aromatic rings. The van der Waals surface area contributed by atoms with Gasteiger partial charge in [0, 0.05) is 44.4 Å². The van der Waals surface area contributed by atoms with Gasteiger partial charge in [-0.25, -0.2) is 0 Å². The largest absolute Gasteiger partial charge is 0.381 e. The summed E-state index contributed by atoms with van der Waals surface area (Å²) in [6, 6.07) is 2.43. The molecule has 0 radical (unpaired) electrons. The third-order valence-electron chi connectivity index (χ3n) is 5.16. The Bertz CT molecular complexity index is 284. The van der Waals surface area contributed by atoms with Crippen LogP contribution in [0.2, 0.25) is 0 Å². The fraction of sp³-hybridized carbons (Fsp3) is 1.00. The van der Waals surface area contributed by atoms with Gasteiger partial charge in [0.25, 0.3) is 0 Å². The molecule has 2 unspecified atom stereocenters. The van der Waals surface area contributed by atoms with Crippen molar-refractivity contribution in [1.82, 2.24) is 10.2 Å². The first-order valence-corrected chi connectivity index (χ1v) is 7.73. The summed E-state index contributed by atoms with van der Waals surface area (Å²) >= 11 is 0. The van der Waals surface area contributed by atoms with Gasteiger partial charge in [0.2, 0.25) is 0 Å². The standard InChI is InChI=1S/C15H28N2O/c1-12-9-13(10-17(12)14-3-4-14)16-11-15(2)5-7-18-8-6-15/h12-14,16H,3-11H2,1-2H3. The maximum Gasteiger partial charge on any atom is 0.0471 e. The normalized spacial score (nSPS) is 37.0. The van der Waals surface area contributed by atoms with Crippen molar-refractivity contribution in [2.24, 2.45) is 5.41 Å². The van der Waals surface area contributed by atoms with Crippen LogP contribution in [0.3, 0.4) is 0 Å². The Labute approximate surface area is 111 Å². The van der Waals surface area contributed by atoms with Crippen LogP contribution in [0.5, 0.6) is 0 Å². The average Bonchev–Trinajstić information content (AvgIpc) is 3.12. The minimum absolute atomic E-state index is 0.467. The van der Waals surface area contributed by atoms with Gasteiger partial charge in [-0.1, -0.05) is 6.92 Å². The molecule has 0 amide bonds. The topological polar surface area (TPSA) is 24.5 Å². The molecule has 2 atom stereocenters. The molecular formula is C15H28N2O. The van der Waals surface area contributed by atoms with E-state index in [-0.39, 0.29) is 0 Å². The Morgan fingerprint density at radius 3 is 2.67 bits per heavy atom. The zero-order valence-corrected chi connectivity index (χ0v) is 12.0. The molecule has 0 aromatic heterocycles. The highest BCUT2D eigenvalue weighted by atomic mass is 16.5. The Hall–Kier alpha value is -0.120. The summed E-state index contributed by atoms with van der Waals surface area (Å²) in [5, 5.41) is 3.84. The number of rotatable bonds is 4. The van der Waals surface area contributed by atoms with Gasteiger partial charge in [-0.3, -0.25) is 4.90 Å². The monoisotopic (exact) mass is 252 g/mol. The molecule has 0 bridgehead atoms. The molecule has 2 saturated heterocycles. The van der Waals surface area contributed by atoms with E-state index in [0.29, 0.717) is 5.41 Å². The van der Waals surface area contributed by atoms with Crippen LogP contribution in [-0.2, 0) is 4.74 Å². The maximum absolute atomic E-state index is 5.47. The number of ether oxygens (including phenoxy) is 1. The number of nitrogens with one attached hydrogen (secondary N) is 1. The van der Waals surface area contributed by atoms with Crippen LogP contribution in [0.1, 0.15) is 46.0 Å². The lowest BCUT2D eigenvalue weighted by molar-refractivity contribution is 0.0230. The second-order valence-electron chi connectivity index (χ2n) is 7.01. The molecule has 1 aliphatic carbocycles. The van der Waals surface area contributed by atoms with Crippen molar-refractivity contribution in [3.05, 3.63) is 0 Å². The van der Waals surface area contributed by atoms with E-state index in [2.05, 4.69) is 24.1 Å². The summed E-state index contributed by atoms with van der Waals surface area (Å²) in [5.74, 6) is 0. The molecule has 2 heterocycles. The highest BCUT2D eigenvalue weighted by molar-refractivity contribution is 4.96. The fourth-order valence-electron chi connectivity index (χ4n) is 3.55. The molecule has 3 nitrogen and oxygen atoms in total. The number of likely N-dealkylation sites (tertiary alicyclic amines) is 1. The molecule has 2 aliphatic heterocycles. The highest BCUT2D eigenvalue weighted by Gasteiger charge is 2.39. The van der Waals surface area contributed by atoms with Crippen molar-refractivity contribution in [1.29, 1.82) is 0 Å². The summed E-state index contributed by atoms with van der Waals surface area (Å²) in [4.78, 5) is 2.73. The fourth-order valence-corrected chi connectivity index (χ4v) is 3.55. The molecule has 0 aromatic carbocycles. The van der Waals surface area contributed by atoms with Crippen LogP contribution in [0.15, 0.2) is 0 Å². The van der Waals surface area contributed by atoms with Gasteiger partial charge in [-0.05, 0) is 44.4 Å². The van der Waals surface area contributed by atoms with E-state index in [1.807, 2.05) is 0 Å². The van der Waals surface area contributed by atoms with Gasteiger partial charge in [-0.15, -0.1) is 0 Å². The molecule has 1 N–H and O–H groups in total. The minimum atomic E-state index is 0.467. The van der Waals surface area contributed by atoms with Crippen LogP contribution >= 0.6 is 0 Å². The minimum Gasteiger partial charge on any atom is -0.381 e. The van der Waals surface area contributed by atoms with Gasteiger partial charge >= 0.3 is 0 Å². The Kier molecular flexibility index (Phi) is 3.65. The van der Waals surface area contributed by atoms with Gasteiger partial charge in [0.1, 0.15) is 0 Å². The predicted molar refractivity (Wildman–Crippen MR) is 73.8 cm³/mol. The van der Waals surface area contributed by atoms with Crippen molar-refractivity contribution in [2.75, 3.05) is 26.3 Å². The van der Waals surface area contributed by atoms with Gasteiger partial charge in [0.05, 0.1) is 0 Å². The van der Waals surface area contributed by atoms with E-state index < -0.39 is 0 Å². The van der Waals surface area contributed by atoms with Gasteiger partial charge < -0.3 is 10.1 Å². The van der Waals surface area contributed by atoms with E-state index in [0.717, 1.165) is 31.3 Å². The Balaban J connectivity index is 1.45. The van der Waals surface area contributed by atoms with Crippen LogP contribution in [0, 0.1) is 5.41 Å². The van der Waals surface area contributed by atoms with Crippen LogP contribution in [-0.4, -0.2) is 49.3 Å². The summed E-state index contributed by atoms with van der Waals surface area (Å²) in [5.41, 5.74) is 0.467. The zero-order chi connectivity index (χ0) is 12.6. The van der Waals surface area contributed by atoms with Crippen molar-refractivity contribution < 1.29 is 4.74 Å². The summed E-state index contributed by atoms with van der Waals surface area (Å²) in [7, 11) is 0. The van der Waals surface area contributed by atoms with Crippen LogP contribution in [0.4, 0.5) is 0 Å². The summed E-state index contributed by atoms with van der Waals surface area (Å²) < 4.78 is 5.47. The average molecular weight is 252 g/mol. The van der Waals surface area contributed by atoms with E-state index in [1.165, 1.54) is 45.2 Å². The van der Waals surface area contributed by atoms with E-state index in [1.54, 1.807) is 0 Å². The molecular weight excluding hydrogens is 224 g/mol. The number of nitrogens with zero attached hydrogens (tertiary/aromatic N) is 1. The summed E-state index contributed by atoms with van der Waals surface area (Å²) in [6.45, 7) is 9.17. The molecule has 3 rings (SSSR count). The Morgan fingerprint density at radius 2 is 2.00 bits per heavy atom. The summed E-state index contributed by atoms with van der Waals surface area (Å²) in [6.07, 6.45) is 6.64. The zero-order valence-electron chi connectivity index (χ0n) is 12.0.